The number of thiophene rings is 1. The molecule has 166 valence electrons. The Morgan fingerprint density at radius 3 is 2.75 bits per heavy atom. The molecule has 10 heteroatoms. The van der Waals surface area contributed by atoms with Crippen molar-refractivity contribution in [1.82, 2.24) is 20.1 Å². The number of aromatic nitrogens is 4. The summed E-state index contributed by atoms with van der Waals surface area (Å²) in [7, 11) is 0. The van der Waals surface area contributed by atoms with Crippen LogP contribution in [-0.4, -0.2) is 33.3 Å². The number of rotatable bonds is 10. The molecule has 0 amide bonds. The first-order valence-electron chi connectivity index (χ1n) is 10.2. The topological polar surface area (TPSA) is 106 Å². The average Bonchev–Trinajstić information content (AvgIpc) is 3.40. The number of aryl methyl sites for hydroxylation is 2. The Morgan fingerprint density at radius 2 is 2.00 bits per heavy atom. The largest absolute Gasteiger partial charge is 0.493 e. The van der Waals surface area contributed by atoms with E-state index in [9.17, 15) is 4.79 Å². The Morgan fingerprint density at radius 1 is 1.16 bits per heavy atom. The second kappa shape index (κ2) is 10.6. The van der Waals surface area contributed by atoms with Gasteiger partial charge in [0, 0.05) is 34.4 Å². The van der Waals surface area contributed by atoms with Crippen LogP contribution in [0, 0.1) is 0 Å². The van der Waals surface area contributed by atoms with Gasteiger partial charge in [-0.15, -0.1) is 11.3 Å². The molecule has 0 fully saturated rings. The van der Waals surface area contributed by atoms with Gasteiger partial charge in [-0.1, -0.05) is 33.2 Å². The maximum Gasteiger partial charge on any atom is 0.438 e. The first-order chi connectivity index (χ1) is 15.6. The van der Waals surface area contributed by atoms with E-state index >= 15 is 0 Å². The fraction of sp³-hybridized carbons (Fsp3) is 0.273. The van der Waals surface area contributed by atoms with Gasteiger partial charge in [-0.3, -0.25) is 9.51 Å². The summed E-state index contributed by atoms with van der Waals surface area (Å²) in [6.07, 6.45) is 3.69. The van der Waals surface area contributed by atoms with Crippen molar-refractivity contribution < 1.29 is 9.26 Å². The number of hydrogen-bond donors (Lipinski definition) is 2. The summed E-state index contributed by atoms with van der Waals surface area (Å²) in [4.78, 5) is 24.6. The number of benzene rings is 1. The third kappa shape index (κ3) is 5.83. The van der Waals surface area contributed by atoms with Crippen LogP contribution in [0.4, 0.5) is 5.82 Å². The quantitative estimate of drug-likeness (QED) is 0.320. The van der Waals surface area contributed by atoms with Crippen LogP contribution in [0.2, 0.25) is 0 Å². The molecule has 1 aromatic carbocycles. The molecule has 0 aliphatic heterocycles. The van der Waals surface area contributed by atoms with Gasteiger partial charge in [0.05, 0.1) is 17.2 Å². The van der Waals surface area contributed by atoms with Crippen molar-refractivity contribution in [3.63, 3.8) is 0 Å². The van der Waals surface area contributed by atoms with Crippen LogP contribution in [0.15, 0.2) is 56.5 Å². The van der Waals surface area contributed by atoms with Gasteiger partial charge in [-0.25, -0.2) is 14.8 Å². The highest BCUT2D eigenvalue weighted by Crippen LogP contribution is 2.36. The van der Waals surface area contributed by atoms with Gasteiger partial charge >= 0.3 is 5.76 Å². The second-order valence-corrected chi connectivity index (χ2v) is 9.02. The van der Waals surface area contributed by atoms with E-state index in [1.54, 1.807) is 17.7 Å². The first-order valence-corrected chi connectivity index (χ1v) is 11.8. The Balaban J connectivity index is 1.44. The van der Waals surface area contributed by atoms with E-state index < -0.39 is 5.76 Å². The molecule has 3 heterocycles. The molecule has 3 aromatic heterocycles. The number of nitrogens with zero attached hydrogens (tertiary/aromatic N) is 3. The Kier molecular flexibility index (Phi) is 7.33. The molecule has 8 nitrogen and oxygen atoms in total. The summed E-state index contributed by atoms with van der Waals surface area (Å²) in [6, 6.07) is 12.2. The molecule has 0 atom stereocenters. The molecule has 0 unspecified atom stereocenters. The SMILES string of the molecule is CCOc1cc(-c2cc(NCCc3ccc(Br)cc3)ncn2)sc1CCc1noc(=O)[nH]1. The van der Waals surface area contributed by atoms with E-state index in [1.807, 2.05) is 31.2 Å². The monoisotopic (exact) mass is 515 g/mol. The number of H-pyrrole nitrogens is 1. The van der Waals surface area contributed by atoms with E-state index in [-0.39, 0.29) is 0 Å². The fourth-order valence-electron chi connectivity index (χ4n) is 3.16. The van der Waals surface area contributed by atoms with Crippen molar-refractivity contribution in [2.24, 2.45) is 0 Å². The van der Waals surface area contributed by atoms with Crippen LogP contribution in [0.3, 0.4) is 0 Å². The van der Waals surface area contributed by atoms with Gasteiger partial charge < -0.3 is 10.1 Å². The predicted molar refractivity (Wildman–Crippen MR) is 127 cm³/mol. The van der Waals surface area contributed by atoms with E-state index in [0.717, 1.165) is 44.5 Å². The lowest BCUT2D eigenvalue weighted by atomic mass is 10.1. The molecule has 2 N–H and O–H groups in total. The van der Waals surface area contributed by atoms with Crippen molar-refractivity contribution in [3.8, 4) is 16.3 Å². The molecule has 0 aliphatic carbocycles. The van der Waals surface area contributed by atoms with Crippen molar-refractivity contribution >= 4 is 33.1 Å². The molecule has 0 saturated carbocycles. The van der Waals surface area contributed by atoms with E-state index in [1.165, 1.54) is 5.56 Å². The predicted octanol–water partition coefficient (Wildman–Crippen LogP) is 4.48. The number of aromatic amines is 1. The minimum Gasteiger partial charge on any atom is -0.493 e. The molecule has 32 heavy (non-hydrogen) atoms. The number of hydrogen-bond acceptors (Lipinski definition) is 8. The highest BCUT2D eigenvalue weighted by molar-refractivity contribution is 9.10. The number of halogens is 1. The lowest BCUT2D eigenvalue weighted by molar-refractivity contribution is 0.338. The van der Waals surface area contributed by atoms with Gasteiger partial charge in [0.1, 0.15) is 17.9 Å². The first kappa shape index (κ1) is 22.2. The Hall–Kier alpha value is -2.98. The minimum atomic E-state index is -0.543. The van der Waals surface area contributed by atoms with Crippen LogP contribution >= 0.6 is 27.3 Å². The van der Waals surface area contributed by atoms with Gasteiger partial charge in [0.25, 0.3) is 0 Å². The molecular weight excluding hydrogens is 494 g/mol. The van der Waals surface area contributed by atoms with Crippen molar-refractivity contribution in [3.05, 3.63) is 74.0 Å². The summed E-state index contributed by atoms with van der Waals surface area (Å²) in [5.41, 5.74) is 2.09. The van der Waals surface area contributed by atoms with E-state index in [4.69, 9.17) is 4.74 Å². The molecule has 0 spiro atoms. The molecular formula is C22H22BrN5O3S. The van der Waals surface area contributed by atoms with Crippen molar-refractivity contribution in [1.29, 1.82) is 0 Å². The molecule has 0 aliphatic rings. The van der Waals surface area contributed by atoms with E-state index in [2.05, 4.69) is 58.0 Å². The normalized spacial score (nSPS) is 10.9. The number of nitrogens with one attached hydrogen (secondary N) is 2. The maximum absolute atomic E-state index is 11.1. The third-order valence-corrected chi connectivity index (χ3v) is 6.42. The summed E-state index contributed by atoms with van der Waals surface area (Å²) in [5, 5.41) is 7.10. The number of anilines is 1. The maximum atomic E-state index is 11.1. The van der Waals surface area contributed by atoms with E-state index in [0.29, 0.717) is 25.3 Å². The third-order valence-electron chi connectivity index (χ3n) is 4.70. The van der Waals surface area contributed by atoms with Gasteiger partial charge in [-0.05, 0) is 37.5 Å². The summed E-state index contributed by atoms with van der Waals surface area (Å²) >= 11 is 5.07. The lowest BCUT2D eigenvalue weighted by Gasteiger charge is -2.06. The molecule has 4 aromatic rings. The van der Waals surface area contributed by atoms with Crippen LogP contribution in [0.1, 0.15) is 23.2 Å². The fourth-order valence-corrected chi connectivity index (χ4v) is 4.50. The lowest BCUT2D eigenvalue weighted by Crippen LogP contribution is -2.06. The van der Waals surface area contributed by atoms with Gasteiger partial charge in [0.2, 0.25) is 0 Å². The molecule has 0 bridgehead atoms. The summed E-state index contributed by atoms with van der Waals surface area (Å²) in [6.45, 7) is 3.29. The van der Waals surface area contributed by atoms with Crippen LogP contribution in [-0.2, 0) is 19.3 Å². The zero-order valence-corrected chi connectivity index (χ0v) is 19.8. The highest BCUT2D eigenvalue weighted by atomic mass is 79.9. The zero-order chi connectivity index (χ0) is 22.3. The molecule has 0 saturated heterocycles. The van der Waals surface area contributed by atoms with Crippen LogP contribution in [0.5, 0.6) is 5.75 Å². The van der Waals surface area contributed by atoms with Crippen LogP contribution in [0.25, 0.3) is 10.6 Å². The molecule has 4 rings (SSSR count). The Labute approximate surface area is 197 Å². The highest BCUT2D eigenvalue weighted by Gasteiger charge is 2.14. The Bertz CT molecular complexity index is 1220. The molecule has 0 radical (unpaired) electrons. The minimum absolute atomic E-state index is 0.520. The summed E-state index contributed by atoms with van der Waals surface area (Å²) < 4.78 is 11.5. The van der Waals surface area contributed by atoms with Crippen molar-refractivity contribution in [2.75, 3.05) is 18.5 Å². The second-order valence-electron chi connectivity index (χ2n) is 6.96. The van der Waals surface area contributed by atoms with Gasteiger partial charge in [-0.2, -0.15) is 0 Å². The zero-order valence-electron chi connectivity index (χ0n) is 17.4. The van der Waals surface area contributed by atoms with Gasteiger partial charge in [0.15, 0.2) is 5.82 Å². The smallest absolute Gasteiger partial charge is 0.438 e. The average molecular weight is 516 g/mol. The summed E-state index contributed by atoms with van der Waals surface area (Å²) in [5.74, 6) is 1.58. The number of ether oxygens (including phenoxy) is 1. The van der Waals surface area contributed by atoms with Crippen molar-refractivity contribution in [2.45, 2.75) is 26.2 Å². The standard InChI is InChI=1S/C22H22BrN5O3S/c1-2-30-17-12-19(32-18(17)7-8-20-27-22(29)31-28-20)16-11-21(26-13-25-16)24-10-9-14-3-5-15(23)6-4-14/h3-6,11-13H,2,7-10H2,1H3,(H,24,25,26)(H,27,28,29). The van der Waals surface area contributed by atoms with Crippen LogP contribution < -0.4 is 15.8 Å².